The Kier molecular flexibility index (Phi) is 4.92. The molecule has 0 spiro atoms. The van der Waals surface area contributed by atoms with Crippen molar-refractivity contribution in [2.24, 2.45) is 0 Å². The van der Waals surface area contributed by atoms with E-state index in [2.05, 4.69) is 20.4 Å². The van der Waals surface area contributed by atoms with Gasteiger partial charge >= 0.3 is 5.97 Å². The minimum absolute atomic E-state index is 0.0468. The lowest BCUT2D eigenvalue weighted by atomic mass is 10.1. The van der Waals surface area contributed by atoms with Gasteiger partial charge in [-0.25, -0.2) is 19.4 Å². The Hall–Kier alpha value is -2.77. The largest absolute Gasteiger partial charge is 0.455 e. The van der Waals surface area contributed by atoms with Crippen LogP contribution in [0.3, 0.4) is 0 Å². The summed E-state index contributed by atoms with van der Waals surface area (Å²) in [6.07, 6.45) is 2.93. The Morgan fingerprint density at radius 3 is 2.36 bits per heavy atom. The van der Waals surface area contributed by atoms with Gasteiger partial charge in [0.05, 0.1) is 5.54 Å². The number of rotatable bonds is 3. The van der Waals surface area contributed by atoms with Gasteiger partial charge in [0, 0.05) is 11.9 Å². The molecule has 0 aliphatic carbocycles. The number of nitrogens with one attached hydrogen (secondary N) is 1. The monoisotopic (exact) mass is 345 g/mol. The number of hydrogen-bond donors (Lipinski definition) is 1. The third kappa shape index (κ3) is 5.10. The fourth-order valence-electron chi connectivity index (χ4n) is 1.83. The molecule has 2 rings (SSSR count). The molecular weight excluding hydrogens is 322 g/mol. The lowest BCUT2D eigenvalue weighted by Gasteiger charge is -2.19. The van der Waals surface area contributed by atoms with Gasteiger partial charge in [0.25, 0.3) is 5.91 Å². The Bertz CT molecular complexity index is 784. The van der Waals surface area contributed by atoms with E-state index in [1.807, 2.05) is 20.8 Å². The van der Waals surface area contributed by atoms with Crippen LogP contribution in [0.15, 0.2) is 24.7 Å². The number of ether oxygens (including phenoxy) is 1. The van der Waals surface area contributed by atoms with Crippen molar-refractivity contribution in [1.82, 2.24) is 19.7 Å². The van der Waals surface area contributed by atoms with Crippen molar-refractivity contribution in [2.45, 2.75) is 52.7 Å². The number of nitrogens with zero attached hydrogens (tertiary/aromatic N) is 4. The number of aromatic nitrogens is 4. The molecule has 2 aromatic heterocycles. The molecule has 0 saturated heterocycles. The van der Waals surface area contributed by atoms with Crippen molar-refractivity contribution in [2.75, 3.05) is 5.32 Å². The zero-order chi connectivity index (χ0) is 18.8. The fraction of sp³-hybridized carbons (Fsp3) is 0.471. The van der Waals surface area contributed by atoms with E-state index in [-0.39, 0.29) is 17.1 Å². The standard InChI is InChI=1S/C17H23N5O3/c1-16(2,3)22-10-19-13(21-22)14(23)20-11-7-8-18-12(9-11)15(24)25-17(4,5)6/h7-10H,1-6H3,(H,18,20,23). The number of pyridine rings is 1. The number of esters is 1. The van der Waals surface area contributed by atoms with Crippen LogP contribution >= 0.6 is 0 Å². The van der Waals surface area contributed by atoms with Crippen LogP contribution in [0.2, 0.25) is 0 Å². The molecule has 0 aromatic carbocycles. The molecule has 25 heavy (non-hydrogen) atoms. The quantitative estimate of drug-likeness (QED) is 0.859. The summed E-state index contributed by atoms with van der Waals surface area (Å²) in [6, 6.07) is 3.03. The van der Waals surface area contributed by atoms with Crippen LogP contribution in [0.4, 0.5) is 5.69 Å². The van der Waals surface area contributed by atoms with Gasteiger partial charge in [0.15, 0.2) is 0 Å². The van der Waals surface area contributed by atoms with Crippen LogP contribution in [0, 0.1) is 0 Å². The highest BCUT2D eigenvalue weighted by Crippen LogP contribution is 2.15. The second-order valence-corrected chi connectivity index (χ2v) is 7.57. The van der Waals surface area contributed by atoms with Crippen molar-refractivity contribution in [3.63, 3.8) is 0 Å². The van der Waals surface area contributed by atoms with E-state index in [0.717, 1.165) is 0 Å². The van der Waals surface area contributed by atoms with E-state index in [1.54, 1.807) is 31.5 Å². The summed E-state index contributed by atoms with van der Waals surface area (Å²) < 4.78 is 6.88. The van der Waals surface area contributed by atoms with E-state index in [0.29, 0.717) is 5.69 Å². The summed E-state index contributed by atoms with van der Waals surface area (Å²) in [6.45, 7) is 11.2. The average Bonchev–Trinajstić information content (AvgIpc) is 2.95. The van der Waals surface area contributed by atoms with Crippen LogP contribution in [0.1, 0.15) is 62.6 Å². The Balaban J connectivity index is 2.13. The number of hydrogen-bond acceptors (Lipinski definition) is 6. The summed E-state index contributed by atoms with van der Waals surface area (Å²) in [7, 11) is 0. The summed E-state index contributed by atoms with van der Waals surface area (Å²) in [5, 5.41) is 6.83. The van der Waals surface area contributed by atoms with E-state index >= 15 is 0 Å². The number of amides is 1. The van der Waals surface area contributed by atoms with Gasteiger partial charge in [0.1, 0.15) is 17.6 Å². The van der Waals surface area contributed by atoms with Gasteiger partial charge in [-0.05, 0) is 53.7 Å². The van der Waals surface area contributed by atoms with Crippen molar-refractivity contribution in [3.8, 4) is 0 Å². The number of carbonyl (C=O) groups is 2. The molecule has 134 valence electrons. The Morgan fingerprint density at radius 1 is 1.12 bits per heavy atom. The molecule has 0 radical (unpaired) electrons. The zero-order valence-corrected chi connectivity index (χ0v) is 15.3. The molecule has 0 bridgehead atoms. The number of carbonyl (C=O) groups excluding carboxylic acids is 2. The van der Waals surface area contributed by atoms with Gasteiger partial charge in [-0.1, -0.05) is 0 Å². The van der Waals surface area contributed by atoms with Gasteiger partial charge in [-0.15, -0.1) is 5.10 Å². The van der Waals surface area contributed by atoms with E-state index in [4.69, 9.17) is 4.74 Å². The molecule has 0 saturated carbocycles. The highest BCUT2D eigenvalue weighted by Gasteiger charge is 2.21. The Morgan fingerprint density at radius 2 is 1.80 bits per heavy atom. The van der Waals surface area contributed by atoms with E-state index in [9.17, 15) is 9.59 Å². The van der Waals surface area contributed by atoms with Gasteiger partial charge in [-0.3, -0.25) is 4.79 Å². The van der Waals surface area contributed by atoms with Crippen molar-refractivity contribution < 1.29 is 14.3 Å². The van der Waals surface area contributed by atoms with Crippen molar-refractivity contribution in [1.29, 1.82) is 0 Å². The molecule has 0 unspecified atom stereocenters. The molecule has 0 aliphatic rings. The summed E-state index contributed by atoms with van der Waals surface area (Å²) in [5.41, 5.74) is -0.373. The number of anilines is 1. The molecular formula is C17H23N5O3. The lowest BCUT2D eigenvalue weighted by molar-refractivity contribution is 0.00627. The third-order valence-electron chi connectivity index (χ3n) is 3.01. The lowest BCUT2D eigenvalue weighted by Crippen LogP contribution is -2.24. The minimum Gasteiger partial charge on any atom is -0.455 e. The average molecular weight is 345 g/mol. The van der Waals surface area contributed by atoms with Crippen LogP contribution in [-0.4, -0.2) is 37.2 Å². The normalized spacial score (nSPS) is 11.9. The maximum atomic E-state index is 12.3. The predicted octanol–water partition coefficient (Wildman–Crippen LogP) is 2.64. The van der Waals surface area contributed by atoms with E-state index in [1.165, 1.54) is 18.6 Å². The van der Waals surface area contributed by atoms with Gasteiger partial charge in [-0.2, -0.15) is 0 Å². The summed E-state index contributed by atoms with van der Waals surface area (Å²) >= 11 is 0. The summed E-state index contributed by atoms with van der Waals surface area (Å²) in [4.78, 5) is 32.3. The van der Waals surface area contributed by atoms with Crippen LogP contribution in [0.5, 0.6) is 0 Å². The third-order valence-corrected chi connectivity index (χ3v) is 3.01. The molecule has 1 N–H and O–H groups in total. The summed E-state index contributed by atoms with van der Waals surface area (Å²) in [5.74, 6) is -0.978. The van der Waals surface area contributed by atoms with Crippen LogP contribution < -0.4 is 5.32 Å². The molecule has 8 nitrogen and oxygen atoms in total. The first-order valence-electron chi connectivity index (χ1n) is 7.88. The van der Waals surface area contributed by atoms with Gasteiger partial charge in [0.2, 0.25) is 5.82 Å². The van der Waals surface area contributed by atoms with E-state index < -0.39 is 17.5 Å². The topological polar surface area (TPSA) is 99.0 Å². The van der Waals surface area contributed by atoms with Crippen LogP contribution in [-0.2, 0) is 10.3 Å². The first kappa shape index (κ1) is 18.6. The minimum atomic E-state index is -0.623. The molecule has 0 atom stereocenters. The zero-order valence-electron chi connectivity index (χ0n) is 15.3. The molecule has 1 amide bonds. The highest BCUT2D eigenvalue weighted by molar-refractivity contribution is 6.02. The second-order valence-electron chi connectivity index (χ2n) is 7.57. The maximum absolute atomic E-state index is 12.3. The van der Waals surface area contributed by atoms with Crippen molar-refractivity contribution >= 4 is 17.6 Å². The highest BCUT2D eigenvalue weighted by atomic mass is 16.6. The smallest absolute Gasteiger partial charge is 0.357 e. The van der Waals surface area contributed by atoms with Crippen LogP contribution in [0.25, 0.3) is 0 Å². The first-order valence-corrected chi connectivity index (χ1v) is 7.88. The molecule has 0 fully saturated rings. The molecule has 0 aliphatic heterocycles. The Labute approximate surface area is 146 Å². The maximum Gasteiger partial charge on any atom is 0.357 e. The van der Waals surface area contributed by atoms with Gasteiger partial charge < -0.3 is 10.1 Å². The van der Waals surface area contributed by atoms with Crippen molar-refractivity contribution in [3.05, 3.63) is 36.2 Å². The fourth-order valence-corrected chi connectivity index (χ4v) is 1.83. The molecule has 2 heterocycles. The predicted molar refractivity (Wildman–Crippen MR) is 92.4 cm³/mol. The molecule has 8 heteroatoms. The second kappa shape index (κ2) is 6.62. The first-order chi connectivity index (χ1) is 11.5. The SMILES string of the molecule is CC(C)(C)OC(=O)c1cc(NC(=O)c2ncn(C(C)(C)C)n2)ccn1. The molecule has 2 aromatic rings.